The number of amides is 2. The molecule has 1 saturated heterocycles. The van der Waals surface area contributed by atoms with Gasteiger partial charge in [-0.05, 0) is 44.7 Å². The number of anilines is 2. The third kappa shape index (κ3) is 7.56. The molecular formula is C20H32N4O3. The normalized spacial score (nSPS) is 15.5. The molecule has 0 radical (unpaired) electrons. The minimum atomic E-state index is -0.133. The molecule has 0 aromatic heterocycles. The van der Waals surface area contributed by atoms with Crippen molar-refractivity contribution in [2.24, 2.45) is 0 Å². The summed E-state index contributed by atoms with van der Waals surface area (Å²) in [6.07, 6.45) is 1.99. The van der Waals surface area contributed by atoms with Gasteiger partial charge in [-0.15, -0.1) is 0 Å². The number of nitrogens with zero attached hydrogens (tertiary/aromatic N) is 2. The van der Waals surface area contributed by atoms with Crippen LogP contribution in [-0.2, 0) is 14.3 Å². The van der Waals surface area contributed by atoms with Gasteiger partial charge < -0.3 is 20.3 Å². The second-order valence-corrected chi connectivity index (χ2v) is 7.12. The Hall–Kier alpha value is -2.12. The van der Waals surface area contributed by atoms with Crippen LogP contribution in [0.25, 0.3) is 0 Å². The fourth-order valence-electron chi connectivity index (χ4n) is 3.15. The van der Waals surface area contributed by atoms with Crippen LogP contribution in [-0.4, -0.2) is 69.2 Å². The highest BCUT2D eigenvalue weighted by Crippen LogP contribution is 2.19. The molecule has 0 unspecified atom stereocenters. The maximum atomic E-state index is 12.2. The van der Waals surface area contributed by atoms with Gasteiger partial charge in [0.1, 0.15) is 0 Å². The molecule has 1 atom stereocenters. The predicted molar refractivity (Wildman–Crippen MR) is 108 cm³/mol. The van der Waals surface area contributed by atoms with Crippen molar-refractivity contribution in [3.05, 3.63) is 24.3 Å². The van der Waals surface area contributed by atoms with Gasteiger partial charge in [0, 0.05) is 30.5 Å². The Bertz CT molecular complexity index is 600. The molecule has 7 nitrogen and oxygen atoms in total. The van der Waals surface area contributed by atoms with Crippen LogP contribution >= 0.6 is 0 Å². The average Bonchev–Trinajstić information content (AvgIpc) is 2.62. The van der Waals surface area contributed by atoms with Gasteiger partial charge in [0.2, 0.25) is 11.8 Å². The SMILES string of the molecule is CCC[C@H](C)NC(=O)CN(C)CC(=O)Nc1ccc(N2CCOCC2)cc1. The van der Waals surface area contributed by atoms with Crippen molar-refractivity contribution in [1.82, 2.24) is 10.2 Å². The summed E-state index contributed by atoms with van der Waals surface area (Å²) in [5, 5.41) is 5.83. The minimum absolute atomic E-state index is 0.0545. The summed E-state index contributed by atoms with van der Waals surface area (Å²) in [4.78, 5) is 28.2. The van der Waals surface area contributed by atoms with Crippen molar-refractivity contribution >= 4 is 23.2 Å². The van der Waals surface area contributed by atoms with E-state index in [0.717, 1.165) is 50.5 Å². The maximum Gasteiger partial charge on any atom is 0.238 e. The van der Waals surface area contributed by atoms with Gasteiger partial charge in [0.15, 0.2) is 0 Å². The van der Waals surface area contributed by atoms with Crippen LogP contribution in [0.4, 0.5) is 11.4 Å². The Morgan fingerprint density at radius 3 is 2.41 bits per heavy atom. The standard InChI is InChI=1S/C20H32N4O3/c1-4-5-16(2)21-19(25)14-23(3)15-20(26)22-17-6-8-18(9-7-17)24-10-12-27-13-11-24/h6-9,16H,4-5,10-15H2,1-3H3,(H,21,25)(H,22,26)/t16-/m0/s1. The number of nitrogens with one attached hydrogen (secondary N) is 2. The highest BCUT2D eigenvalue weighted by molar-refractivity contribution is 5.92. The second kappa shape index (κ2) is 10.9. The van der Waals surface area contributed by atoms with Gasteiger partial charge >= 0.3 is 0 Å². The van der Waals surface area contributed by atoms with Crippen LogP contribution in [0, 0.1) is 0 Å². The third-order valence-electron chi connectivity index (χ3n) is 4.48. The van der Waals surface area contributed by atoms with Gasteiger partial charge in [-0.1, -0.05) is 13.3 Å². The monoisotopic (exact) mass is 376 g/mol. The first kappa shape index (κ1) is 21.2. The average molecular weight is 377 g/mol. The minimum Gasteiger partial charge on any atom is -0.378 e. The first-order chi connectivity index (χ1) is 13.0. The zero-order valence-electron chi connectivity index (χ0n) is 16.7. The topological polar surface area (TPSA) is 73.9 Å². The molecule has 0 aliphatic carbocycles. The number of hydrogen-bond acceptors (Lipinski definition) is 5. The van der Waals surface area contributed by atoms with Crippen molar-refractivity contribution in [2.45, 2.75) is 32.7 Å². The molecule has 7 heteroatoms. The van der Waals surface area contributed by atoms with Crippen molar-refractivity contribution < 1.29 is 14.3 Å². The smallest absolute Gasteiger partial charge is 0.238 e. The summed E-state index contributed by atoms with van der Waals surface area (Å²) >= 11 is 0. The van der Waals surface area contributed by atoms with E-state index in [9.17, 15) is 9.59 Å². The summed E-state index contributed by atoms with van der Waals surface area (Å²) in [5.41, 5.74) is 1.89. The van der Waals surface area contributed by atoms with Gasteiger partial charge in [-0.3, -0.25) is 14.5 Å². The van der Waals surface area contributed by atoms with Crippen LogP contribution in [0.5, 0.6) is 0 Å². The van der Waals surface area contributed by atoms with E-state index in [2.05, 4.69) is 22.5 Å². The van der Waals surface area contributed by atoms with Gasteiger partial charge in [-0.25, -0.2) is 0 Å². The Morgan fingerprint density at radius 2 is 1.78 bits per heavy atom. The quantitative estimate of drug-likeness (QED) is 0.686. The predicted octanol–water partition coefficient (Wildman–Crippen LogP) is 1.70. The molecule has 1 fully saturated rings. The molecule has 2 amide bonds. The molecule has 1 aliphatic rings. The van der Waals surface area contributed by atoms with E-state index in [1.807, 2.05) is 31.2 Å². The molecule has 1 aromatic rings. The Morgan fingerprint density at radius 1 is 1.15 bits per heavy atom. The summed E-state index contributed by atoms with van der Waals surface area (Å²) < 4.78 is 5.36. The lowest BCUT2D eigenvalue weighted by atomic mass is 10.2. The van der Waals surface area contributed by atoms with E-state index in [0.29, 0.717) is 0 Å². The Balaban J connectivity index is 1.75. The zero-order valence-corrected chi connectivity index (χ0v) is 16.7. The largest absolute Gasteiger partial charge is 0.378 e. The molecule has 1 heterocycles. The first-order valence-electron chi connectivity index (χ1n) is 9.68. The van der Waals surface area contributed by atoms with Crippen LogP contribution in [0.2, 0.25) is 0 Å². The van der Waals surface area contributed by atoms with E-state index in [1.54, 1.807) is 11.9 Å². The zero-order chi connectivity index (χ0) is 19.6. The summed E-state index contributed by atoms with van der Waals surface area (Å²) in [5.74, 6) is -0.188. The molecule has 1 aromatic carbocycles. The number of carbonyl (C=O) groups is 2. The highest BCUT2D eigenvalue weighted by atomic mass is 16.5. The number of benzene rings is 1. The Kier molecular flexibility index (Phi) is 8.54. The maximum absolute atomic E-state index is 12.2. The van der Waals surface area contributed by atoms with Crippen LogP contribution in [0.3, 0.4) is 0 Å². The molecule has 150 valence electrons. The third-order valence-corrected chi connectivity index (χ3v) is 4.48. The van der Waals surface area contributed by atoms with Gasteiger partial charge in [0.25, 0.3) is 0 Å². The molecular weight excluding hydrogens is 344 g/mol. The number of carbonyl (C=O) groups excluding carboxylic acids is 2. The fourth-order valence-corrected chi connectivity index (χ4v) is 3.15. The van der Waals surface area contributed by atoms with E-state index in [-0.39, 0.29) is 30.9 Å². The number of hydrogen-bond donors (Lipinski definition) is 2. The number of rotatable bonds is 9. The molecule has 0 bridgehead atoms. The second-order valence-electron chi connectivity index (χ2n) is 7.12. The number of ether oxygens (including phenoxy) is 1. The summed E-state index contributed by atoms with van der Waals surface area (Å²) in [7, 11) is 1.77. The van der Waals surface area contributed by atoms with E-state index < -0.39 is 0 Å². The van der Waals surface area contributed by atoms with Crippen LogP contribution in [0.15, 0.2) is 24.3 Å². The lowest BCUT2D eigenvalue weighted by Crippen LogP contribution is -2.41. The molecule has 0 spiro atoms. The van der Waals surface area contributed by atoms with E-state index in [4.69, 9.17) is 4.74 Å². The molecule has 1 aliphatic heterocycles. The van der Waals surface area contributed by atoms with Crippen LogP contribution in [0.1, 0.15) is 26.7 Å². The number of morpholine rings is 1. The summed E-state index contributed by atoms with van der Waals surface area (Å²) in [6.45, 7) is 7.72. The van der Waals surface area contributed by atoms with Crippen molar-refractivity contribution in [3.63, 3.8) is 0 Å². The molecule has 2 rings (SSSR count). The fraction of sp³-hybridized carbons (Fsp3) is 0.600. The molecule has 2 N–H and O–H groups in total. The molecule has 0 saturated carbocycles. The van der Waals surface area contributed by atoms with Gasteiger partial charge in [0.05, 0.1) is 26.3 Å². The van der Waals surface area contributed by atoms with Crippen molar-refractivity contribution in [1.29, 1.82) is 0 Å². The van der Waals surface area contributed by atoms with Gasteiger partial charge in [-0.2, -0.15) is 0 Å². The van der Waals surface area contributed by atoms with E-state index >= 15 is 0 Å². The van der Waals surface area contributed by atoms with Crippen molar-refractivity contribution in [2.75, 3.05) is 56.7 Å². The van der Waals surface area contributed by atoms with Crippen molar-refractivity contribution in [3.8, 4) is 0 Å². The summed E-state index contributed by atoms with van der Waals surface area (Å²) in [6, 6.07) is 7.99. The molecule has 27 heavy (non-hydrogen) atoms. The lowest BCUT2D eigenvalue weighted by Gasteiger charge is -2.28. The van der Waals surface area contributed by atoms with Crippen LogP contribution < -0.4 is 15.5 Å². The Labute approximate surface area is 162 Å². The van der Waals surface area contributed by atoms with E-state index in [1.165, 1.54) is 0 Å². The lowest BCUT2D eigenvalue weighted by molar-refractivity contribution is -0.123. The highest BCUT2D eigenvalue weighted by Gasteiger charge is 2.14. The number of likely N-dealkylation sites (N-methyl/N-ethyl adjacent to an activating group) is 1. The first-order valence-corrected chi connectivity index (χ1v) is 9.68.